The van der Waals surface area contributed by atoms with Crippen molar-refractivity contribution in [3.63, 3.8) is 0 Å². The molecule has 1 aromatic rings. The van der Waals surface area contributed by atoms with Gasteiger partial charge >= 0.3 is 0 Å². The molecule has 0 saturated carbocycles. The van der Waals surface area contributed by atoms with Gasteiger partial charge < -0.3 is 10.2 Å². The number of benzene rings is 1. The molecule has 3 nitrogen and oxygen atoms in total. The van der Waals surface area contributed by atoms with Crippen molar-refractivity contribution in [1.29, 1.82) is 0 Å². The number of hydrogen-bond donors (Lipinski definition) is 1. The third kappa shape index (κ3) is 3.56. The molecule has 1 saturated heterocycles. The summed E-state index contributed by atoms with van der Waals surface area (Å²) in [7, 11) is 2.11. The van der Waals surface area contributed by atoms with Gasteiger partial charge in [0, 0.05) is 12.5 Å². The molecule has 1 radical (unpaired) electrons. The molecule has 1 aliphatic rings. The lowest BCUT2D eigenvalue weighted by atomic mass is 9.96. The maximum absolute atomic E-state index is 11.9. The maximum Gasteiger partial charge on any atom is 0.223 e. The average Bonchev–Trinajstić information content (AvgIpc) is 2.38. The summed E-state index contributed by atoms with van der Waals surface area (Å²) in [4.78, 5) is 14.2. The van der Waals surface area contributed by atoms with Crippen molar-refractivity contribution in [1.82, 2.24) is 10.2 Å². The zero-order valence-corrected chi connectivity index (χ0v) is 10.3. The second-order valence-electron chi connectivity index (χ2n) is 4.70. The molecule has 1 N–H and O–H groups in total. The van der Waals surface area contributed by atoms with Crippen LogP contribution in [0.15, 0.2) is 24.3 Å². The minimum Gasteiger partial charge on any atom is -0.352 e. The van der Waals surface area contributed by atoms with Gasteiger partial charge in [0.1, 0.15) is 0 Å². The second kappa shape index (κ2) is 5.82. The zero-order chi connectivity index (χ0) is 12.1. The van der Waals surface area contributed by atoms with E-state index in [-0.39, 0.29) is 11.8 Å². The van der Waals surface area contributed by atoms with E-state index in [4.69, 9.17) is 0 Å². The SMILES string of the molecule is CN1CCC(C(=O)NCc2cc[c]cc2)CC1. The number of amides is 1. The largest absolute Gasteiger partial charge is 0.352 e. The first-order chi connectivity index (χ1) is 8.25. The van der Waals surface area contributed by atoms with E-state index >= 15 is 0 Å². The molecule has 1 amide bonds. The van der Waals surface area contributed by atoms with Crippen LogP contribution >= 0.6 is 0 Å². The number of nitrogens with zero attached hydrogens (tertiary/aromatic N) is 1. The van der Waals surface area contributed by atoms with Crippen LogP contribution in [0.2, 0.25) is 0 Å². The molecule has 0 unspecified atom stereocenters. The quantitative estimate of drug-likeness (QED) is 0.854. The standard InChI is InChI=1S/C14H19N2O/c1-16-9-7-13(8-10-16)14(17)15-11-12-5-3-2-4-6-12/h3-6,13H,7-11H2,1H3,(H,15,17). The number of rotatable bonds is 3. The van der Waals surface area contributed by atoms with Gasteiger partial charge in [-0.25, -0.2) is 0 Å². The molecule has 0 atom stereocenters. The smallest absolute Gasteiger partial charge is 0.223 e. The van der Waals surface area contributed by atoms with Gasteiger partial charge in [-0.3, -0.25) is 4.79 Å². The molecule has 0 spiro atoms. The maximum atomic E-state index is 11.9. The van der Waals surface area contributed by atoms with Crippen molar-refractivity contribution in [3.05, 3.63) is 35.9 Å². The van der Waals surface area contributed by atoms with Crippen LogP contribution in [0.1, 0.15) is 18.4 Å². The molecule has 1 fully saturated rings. The van der Waals surface area contributed by atoms with Gasteiger partial charge in [0.25, 0.3) is 0 Å². The van der Waals surface area contributed by atoms with Gasteiger partial charge in [-0.1, -0.05) is 24.3 Å². The summed E-state index contributed by atoms with van der Waals surface area (Å²) in [5.41, 5.74) is 1.13. The van der Waals surface area contributed by atoms with Crippen LogP contribution in [0.25, 0.3) is 0 Å². The fourth-order valence-electron chi connectivity index (χ4n) is 2.14. The van der Waals surface area contributed by atoms with Crippen LogP contribution in [0.4, 0.5) is 0 Å². The molecule has 1 aromatic carbocycles. The highest BCUT2D eigenvalue weighted by molar-refractivity contribution is 5.78. The van der Waals surface area contributed by atoms with Crippen LogP contribution in [0, 0.1) is 12.0 Å². The van der Waals surface area contributed by atoms with Gasteiger partial charge in [-0.2, -0.15) is 0 Å². The highest BCUT2D eigenvalue weighted by Crippen LogP contribution is 2.16. The Labute approximate surface area is 103 Å². The summed E-state index contributed by atoms with van der Waals surface area (Å²) in [6.07, 6.45) is 1.95. The third-order valence-corrected chi connectivity index (χ3v) is 3.34. The predicted molar refractivity (Wildman–Crippen MR) is 67.3 cm³/mol. The fourth-order valence-corrected chi connectivity index (χ4v) is 2.14. The van der Waals surface area contributed by atoms with E-state index in [1.165, 1.54) is 0 Å². The molecule has 0 aliphatic carbocycles. The summed E-state index contributed by atoms with van der Waals surface area (Å²) in [5.74, 6) is 0.396. The summed E-state index contributed by atoms with van der Waals surface area (Å²) in [6.45, 7) is 2.68. The molecule has 17 heavy (non-hydrogen) atoms. The number of nitrogens with one attached hydrogen (secondary N) is 1. The average molecular weight is 231 g/mol. The first-order valence-corrected chi connectivity index (χ1v) is 6.17. The summed E-state index contributed by atoms with van der Waals surface area (Å²) >= 11 is 0. The fraction of sp³-hybridized carbons (Fsp3) is 0.500. The molecule has 0 aromatic heterocycles. The summed E-state index contributed by atoms with van der Waals surface area (Å²) in [6, 6.07) is 10.7. The van der Waals surface area contributed by atoms with Gasteiger partial charge in [-0.05, 0) is 44.6 Å². The minimum atomic E-state index is 0.196. The summed E-state index contributed by atoms with van der Waals surface area (Å²) < 4.78 is 0. The van der Waals surface area contributed by atoms with Crippen LogP contribution in [-0.4, -0.2) is 30.9 Å². The number of carbonyl (C=O) groups excluding carboxylic acids is 1. The lowest BCUT2D eigenvalue weighted by Crippen LogP contribution is -2.38. The number of likely N-dealkylation sites (tertiary alicyclic amines) is 1. The first kappa shape index (κ1) is 12.1. The van der Waals surface area contributed by atoms with Gasteiger partial charge in [0.15, 0.2) is 0 Å². The van der Waals surface area contributed by atoms with Crippen molar-refractivity contribution in [2.24, 2.45) is 5.92 Å². The lowest BCUT2D eigenvalue weighted by molar-refractivity contribution is -0.126. The van der Waals surface area contributed by atoms with E-state index in [1.807, 2.05) is 24.3 Å². The lowest BCUT2D eigenvalue weighted by Gasteiger charge is -2.28. The second-order valence-corrected chi connectivity index (χ2v) is 4.70. The first-order valence-electron chi connectivity index (χ1n) is 6.17. The molecule has 2 rings (SSSR count). The van der Waals surface area contributed by atoms with Crippen LogP contribution in [-0.2, 0) is 11.3 Å². The van der Waals surface area contributed by atoms with E-state index in [0.717, 1.165) is 31.5 Å². The van der Waals surface area contributed by atoms with E-state index in [2.05, 4.69) is 23.3 Å². The van der Waals surface area contributed by atoms with Crippen molar-refractivity contribution >= 4 is 5.91 Å². The Balaban J connectivity index is 1.78. The van der Waals surface area contributed by atoms with E-state index in [9.17, 15) is 4.79 Å². The van der Waals surface area contributed by atoms with Crippen LogP contribution in [0.3, 0.4) is 0 Å². The molecule has 91 valence electrons. The van der Waals surface area contributed by atoms with Gasteiger partial charge in [-0.15, -0.1) is 0 Å². The summed E-state index contributed by atoms with van der Waals surface area (Å²) in [5, 5.41) is 3.01. The third-order valence-electron chi connectivity index (χ3n) is 3.34. The van der Waals surface area contributed by atoms with Crippen molar-refractivity contribution < 1.29 is 4.79 Å². The van der Waals surface area contributed by atoms with Crippen LogP contribution < -0.4 is 5.32 Å². The normalized spacial score (nSPS) is 17.9. The van der Waals surface area contributed by atoms with E-state index < -0.39 is 0 Å². The molecule has 1 heterocycles. The molecule has 1 aliphatic heterocycles. The topological polar surface area (TPSA) is 32.3 Å². The molecule has 0 bridgehead atoms. The highest BCUT2D eigenvalue weighted by atomic mass is 16.1. The van der Waals surface area contributed by atoms with E-state index in [1.54, 1.807) is 0 Å². The monoisotopic (exact) mass is 231 g/mol. The Morgan fingerprint density at radius 2 is 2.06 bits per heavy atom. The van der Waals surface area contributed by atoms with Crippen molar-refractivity contribution in [2.45, 2.75) is 19.4 Å². The predicted octanol–water partition coefficient (Wildman–Crippen LogP) is 1.44. The number of hydrogen-bond acceptors (Lipinski definition) is 2. The van der Waals surface area contributed by atoms with Crippen molar-refractivity contribution in [3.8, 4) is 0 Å². The highest BCUT2D eigenvalue weighted by Gasteiger charge is 2.22. The minimum absolute atomic E-state index is 0.196. The Morgan fingerprint density at radius 3 is 2.71 bits per heavy atom. The van der Waals surface area contributed by atoms with Crippen LogP contribution in [0.5, 0.6) is 0 Å². The number of piperidine rings is 1. The van der Waals surface area contributed by atoms with Gasteiger partial charge in [0.05, 0.1) is 0 Å². The molecular formula is C14H19N2O. The van der Waals surface area contributed by atoms with E-state index in [0.29, 0.717) is 6.54 Å². The number of carbonyl (C=O) groups is 1. The Hall–Kier alpha value is -1.35. The Morgan fingerprint density at radius 1 is 1.41 bits per heavy atom. The molecular weight excluding hydrogens is 212 g/mol. The van der Waals surface area contributed by atoms with Gasteiger partial charge in [0.2, 0.25) is 5.91 Å². The zero-order valence-electron chi connectivity index (χ0n) is 10.3. The van der Waals surface area contributed by atoms with Crippen molar-refractivity contribution in [2.75, 3.05) is 20.1 Å². The molecule has 3 heteroatoms. The Kier molecular flexibility index (Phi) is 4.15. The Bertz CT molecular complexity index is 356.